The fraction of sp³-hybridized carbons (Fsp3) is 0.308. The van der Waals surface area contributed by atoms with Gasteiger partial charge in [-0.2, -0.15) is 0 Å². The summed E-state index contributed by atoms with van der Waals surface area (Å²) in [6.45, 7) is 1.20. The molecule has 0 saturated carbocycles. The van der Waals surface area contributed by atoms with E-state index in [1.807, 2.05) is 42.5 Å². The normalized spacial score (nSPS) is 11.1. The van der Waals surface area contributed by atoms with Crippen LogP contribution in [0.25, 0.3) is 22.3 Å². The summed E-state index contributed by atoms with van der Waals surface area (Å²) in [6.07, 6.45) is 0. The van der Waals surface area contributed by atoms with Crippen LogP contribution in [-0.2, 0) is 45.4 Å². The molecule has 0 heterocycles. The third-order valence-corrected chi connectivity index (χ3v) is 5.26. The second-order valence-corrected chi connectivity index (χ2v) is 7.60. The molecule has 0 fully saturated rings. The van der Waals surface area contributed by atoms with Crippen LogP contribution in [0.4, 0.5) is 0 Å². The smallest absolute Gasteiger partial charge is 0.126 e. The van der Waals surface area contributed by atoms with Crippen LogP contribution < -0.4 is 0 Å². The van der Waals surface area contributed by atoms with Gasteiger partial charge in [0.15, 0.2) is 0 Å². The van der Waals surface area contributed by atoms with Gasteiger partial charge in [0.05, 0.1) is 26.4 Å². The van der Waals surface area contributed by atoms with Crippen molar-refractivity contribution >= 4 is 0 Å². The lowest BCUT2D eigenvalue weighted by Gasteiger charge is -2.15. The van der Waals surface area contributed by atoms with Crippen molar-refractivity contribution in [3.05, 3.63) is 70.8 Å². The molecule has 3 aromatic carbocycles. The van der Waals surface area contributed by atoms with Crippen LogP contribution in [0, 0.1) is 0 Å². The molecule has 32 heavy (non-hydrogen) atoms. The molecule has 3 rings (SSSR count). The summed E-state index contributed by atoms with van der Waals surface area (Å²) in [5.41, 5.74) is 6.72. The number of hydrogen-bond acceptors (Lipinski definition) is 6. The van der Waals surface area contributed by atoms with E-state index in [9.17, 15) is 10.2 Å². The number of ether oxygens (including phenoxy) is 4. The van der Waals surface area contributed by atoms with Crippen molar-refractivity contribution in [3.63, 3.8) is 0 Å². The van der Waals surface area contributed by atoms with E-state index in [-0.39, 0.29) is 11.5 Å². The predicted octanol–water partition coefficient (Wildman–Crippen LogP) is 5.02. The van der Waals surface area contributed by atoms with Crippen LogP contribution >= 0.6 is 0 Å². The molecule has 0 bridgehead atoms. The number of aromatic hydroxyl groups is 2. The quantitative estimate of drug-likeness (QED) is 0.463. The Balaban J connectivity index is 2.09. The highest BCUT2D eigenvalue weighted by Crippen LogP contribution is 2.35. The summed E-state index contributed by atoms with van der Waals surface area (Å²) in [5, 5.41) is 21.1. The number of benzene rings is 3. The van der Waals surface area contributed by atoms with Gasteiger partial charge in [-0.1, -0.05) is 18.2 Å². The Morgan fingerprint density at radius 1 is 0.500 bits per heavy atom. The maximum absolute atomic E-state index is 10.5. The Labute approximate surface area is 189 Å². The van der Waals surface area contributed by atoms with Gasteiger partial charge in [-0.05, 0) is 52.6 Å². The largest absolute Gasteiger partial charge is 0.507 e. The average Bonchev–Trinajstić information content (AvgIpc) is 2.79. The van der Waals surface area contributed by atoms with E-state index in [0.717, 1.165) is 22.3 Å². The lowest BCUT2D eigenvalue weighted by Crippen LogP contribution is -1.97. The highest BCUT2D eigenvalue weighted by atomic mass is 16.5. The minimum atomic E-state index is 0.195. The van der Waals surface area contributed by atoms with E-state index in [4.69, 9.17) is 18.9 Å². The third kappa shape index (κ3) is 5.29. The molecule has 0 aliphatic carbocycles. The number of rotatable bonds is 10. The highest BCUT2D eigenvalue weighted by molar-refractivity contribution is 5.75. The molecular weight excluding hydrogens is 408 g/mol. The number of methoxy groups -OCH3 is 4. The molecule has 2 N–H and O–H groups in total. The van der Waals surface area contributed by atoms with Gasteiger partial charge in [-0.15, -0.1) is 0 Å². The molecule has 0 spiro atoms. The second-order valence-electron chi connectivity index (χ2n) is 7.60. The average molecular weight is 439 g/mol. The summed E-state index contributed by atoms with van der Waals surface area (Å²) >= 11 is 0. The molecule has 0 amide bonds. The molecule has 3 aromatic rings. The molecule has 0 aliphatic rings. The van der Waals surface area contributed by atoms with E-state index in [0.29, 0.717) is 48.7 Å². The SMILES string of the molecule is COCc1cc(-c2cccc(-c3cc(COC)c(O)c(COC)c3)c2)cc(COC)c1O. The first-order valence-electron chi connectivity index (χ1n) is 10.3. The summed E-state index contributed by atoms with van der Waals surface area (Å²) in [4.78, 5) is 0. The van der Waals surface area contributed by atoms with Gasteiger partial charge >= 0.3 is 0 Å². The van der Waals surface area contributed by atoms with Gasteiger partial charge in [0.2, 0.25) is 0 Å². The Bertz CT molecular complexity index is 925. The lowest BCUT2D eigenvalue weighted by molar-refractivity contribution is 0.174. The molecular formula is C26H30O6. The van der Waals surface area contributed by atoms with E-state index < -0.39 is 0 Å². The van der Waals surface area contributed by atoms with E-state index in [2.05, 4.69) is 6.07 Å². The molecule has 6 nitrogen and oxygen atoms in total. The predicted molar refractivity (Wildman–Crippen MR) is 123 cm³/mol. The molecule has 0 unspecified atom stereocenters. The Kier molecular flexibility index (Phi) is 8.25. The first-order chi connectivity index (χ1) is 15.5. The first-order valence-corrected chi connectivity index (χ1v) is 10.3. The van der Waals surface area contributed by atoms with Gasteiger partial charge in [-0.25, -0.2) is 0 Å². The van der Waals surface area contributed by atoms with Crippen LogP contribution in [0.15, 0.2) is 48.5 Å². The topological polar surface area (TPSA) is 77.4 Å². The molecule has 0 aliphatic heterocycles. The minimum absolute atomic E-state index is 0.195. The molecule has 0 atom stereocenters. The highest BCUT2D eigenvalue weighted by Gasteiger charge is 2.14. The molecule has 0 radical (unpaired) electrons. The maximum atomic E-state index is 10.5. The standard InChI is InChI=1S/C26H30O6/c1-29-13-21-9-19(10-22(14-30-2)25(21)27)17-6-5-7-18(8-17)20-11-23(15-31-3)26(28)24(12-20)16-32-4/h5-12,27-28H,13-16H2,1-4H3. The van der Waals surface area contributed by atoms with Crippen molar-refractivity contribution in [3.8, 4) is 33.8 Å². The lowest BCUT2D eigenvalue weighted by atomic mass is 9.94. The van der Waals surface area contributed by atoms with E-state index in [1.54, 1.807) is 28.4 Å². The molecule has 170 valence electrons. The summed E-state index contributed by atoms with van der Waals surface area (Å²) < 4.78 is 21.0. The Hall–Kier alpha value is -2.90. The zero-order chi connectivity index (χ0) is 23.1. The third-order valence-electron chi connectivity index (χ3n) is 5.26. The van der Waals surface area contributed by atoms with Crippen LogP contribution in [0.2, 0.25) is 0 Å². The summed E-state index contributed by atoms with van der Waals surface area (Å²) in [7, 11) is 6.40. The van der Waals surface area contributed by atoms with Gasteiger partial charge < -0.3 is 29.2 Å². The number of phenolic OH excluding ortho intramolecular Hbond substituents is 2. The second kappa shape index (κ2) is 11.1. The maximum Gasteiger partial charge on any atom is 0.126 e. The van der Waals surface area contributed by atoms with Crippen molar-refractivity contribution in [1.82, 2.24) is 0 Å². The van der Waals surface area contributed by atoms with Crippen molar-refractivity contribution < 1.29 is 29.2 Å². The van der Waals surface area contributed by atoms with Crippen molar-refractivity contribution in [2.75, 3.05) is 28.4 Å². The number of hydrogen-bond donors (Lipinski definition) is 2. The van der Waals surface area contributed by atoms with Gasteiger partial charge in [0, 0.05) is 50.7 Å². The van der Waals surface area contributed by atoms with Gasteiger partial charge in [0.25, 0.3) is 0 Å². The minimum Gasteiger partial charge on any atom is -0.507 e. The van der Waals surface area contributed by atoms with Crippen molar-refractivity contribution in [1.29, 1.82) is 0 Å². The van der Waals surface area contributed by atoms with Crippen LogP contribution in [0.5, 0.6) is 11.5 Å². The monoisotopic (exact) mass is 438 g/mol. The zero-order valence-corrected chi connectivity index (χ0v) is 19.0. The fourth-order valence-corrected chi connectivity index (χ4v) is 3.79. The molecule has 0 saturated heterocycles. The van der Waals surface area contributed by atoms with E-state index >= 15 is 0 Å². The summed E-state index contributed by atoms with van der Waals surface area (Å²) in [6, 6.07) is 15.8. The molecule has 6 heteroatoms. The van der Waals surface area contributed by atoms with Crippen LogP contribution in [0.3, 0.4) is 0 Å². The van der Waals surface area contributed by atoms with Gasteiger partial charge in [0.1, 0.15) is 11.5 Å². The fourth-order valence-electron chi connectivity index (χ4n) is 3.79. The molecule has 0 aromatic heterocycles. The van der Waals surface area contributed by atoms with E-state index in [1.165, 1.54) is 0 Å². The Morgan fingerprint density at radius 3 is 1.09 bits per heavy atom. The van der Waals surface area contributed by atoms with Gasteiger partial charge in [-0.3, -0.25) is 0 Å². The summed E-state index contributed by atoms with van der Waals surface area (Å²) in [5.74, 6) is 0.390. The first kappa shape index (κ1) is 23.8. The van der Waals surface area contributed by atoms with Crippen LogP contribution in [-0.4, -0.2) is 38.7 Å². The number of phenols is 2. The zero-order valence-electron chi connectivity index (χ0n) is 19.0. The van der Waals surface area contributed by atoms with Crippen molar-refractivity contribution in [2.45, 2.75) is 26.4 Å². The van der Waals surface area contributed by atoms with Crippen LogP contribution in [0.1, 0.15) is 22.3 Å². The Morgan fingerprint density at radius 2 is 0.812 bits per heavy atom. The van der Waals surface area contributed by atoms with Crippen molar-refractivity contribution in [2.24, 2.45) is 0 Å².